The van der Waals surface area contributed by atoms with Crippen molar-refractivity contribution in [2.45, 2.75) is 0 Å². The van der Waals surface area contributed by atoms with Crippen molar-refractivity contribution in [1.29, 1.82) is 0 Å². The van der Waals surface area contributed by atoms with E-state index in [4.69, 9.17) is 30.3 Å². The molecule has 0 aromatic carbocycles. The van der Waals surface area contributed by atoms with Gasteiger partial charge in [0.25, 0.3) is 0 Å². The minimum atomic E-state index is -4.34. The van der Waals surface area contributed by atoms with Gasteiger partial charge < -0.3 is 0 Å². The van der Waals surface area contributed by atoms with Gasteiger partial charge in [-0.2, -0.15) is 0 Å². The van der Waals surface area contributed by atoms with Crippen LogP contribution in [0.3, 0.4) is 0 Å². The summed E-state index contributed by atoms with van der Waals surface area (Å²) < 4.78 is 77.6. The first-order valence-electron chi connectivity index (χ1n) is 1.64. The maximum atomic E-state index is 8.62. The molecule has 0 saturated heterocycles. The fourth-order valence-corrected chi connectivity index (χ4v) is 0. The third-order valence-electron chi connectivity index (χ3n) is 0. The summed E-state index contributed by atoms with van der Waals surface area (Å²) >= 11 is -13.0. The Labute approximate surface area is 111 Å². The first-order chi connectivity index (χ1) is 5.20. The van der Waals surface area contributed by atoms with Crippen molar-refractivity contribution in [2.75, 3.05) is 0 Å². The van der Waals surface area contributed by atoms with E-state index in [0.29, 0.717) is 0 Å². The second-order valence-corrected chi connectivity index (χ2v) is 5.49. The van der Waals surface area contributed by atoms with Crippen LogP contribution in [0.1, 0.15) is 0 Å². The molecule has 0 heterocycles. The van der Waals surface area contributed by atoms with Crippen molar-refractivity contribution in [2.24, 2.45) is 0 Å². The number of hydrogen-bond acceptors (Lipinski definition) is 9. The summed E-state index contributed by atoms with van der Waals surface area (Å²) in [6.45, 7) is 0. The molecule has 0 aliphatic rings. The van der Waals surface area contributed by atoms with Gasteiger partial charge in [0.2, 0.25) is 0 Å². The molecule has 9 nitrogen and oxygen atoms in total. The first-order valence-corrected chi connectivity index (χ1v) is 13.4. The standard InChI is InChI=1S/In.9O.3Ta/q+3;;;;;;;3*-1;;;. The van der Waals surface area contributed by atoms with Gasteiger partial charge in [0.05, 0.1) is 0 Å². The fourth-order valence-electron chi connectivity index (χ4n) is 0. The molecule has 0 saturated carbocycles. The second-order valence-electron chi connectivity index (χ2n) is 0.671. The van der Waals surface area contributed by atoms with Crippen molar-refractivity contribution in [3.63, 3.8) is 0 Å². The van der Waals surface area contributed by atoms with E-state index < -0.39 is 56.4 Å². The predicted octanol–water partition coefficient (Wildman–Crippen LogP) is -4.67. The summed E-state index contributed by atoms with van der Waals surface area (Å²) in [5.74, 6) is 0. The average molecular weight is 802 g/mol. The Morgan fingerprint density at radius 3 is 0.538 bits per heavy atom. The molecule has 0 fully saturated rings. The SMILES string of the molecule is [In+3].[O]=[Ta](=[O])[O-].[O]=[Ta](=[O])[O-].[O]=[Ta](=[O])[O-]. The Hall–Kier alpha value is 1.77. The van der Waals surface area contributed by atoms with Crippen molar-refractivity contribution < 1.29 is 86.7 Å². The van der Waals surface area contributed by atoms with Crippen LogP contribution in [0.4, 0.5) is 0 Å². The molecule has 0 radical (unpaired) electrons. The Bertz CT molecular complexity index is 208. The Kier molecular flexibility index (Phi) is 36.0. The molecule has 13 heavy (non-hydrogen) atoms. The summed E-state index contributed by atoms with van der Waals surface area (Å²) in [5.41, 5.74) is 0. The molecule has 13 heteroatoms. The summed E-state index contributed by atoms with van der Waals surface area (Å²) in [6.07, 6.45) is 0. The van der Waals surface area contributed by atoms with Gasteiger partial charge in [-0.25, -0.2) is 0 Å². The zero-order valence-electron chi connectivity index (χ0n) is 5.59. The van der Waals surface area contributed by atoms with E-state index in [2.05, 4.69) is 0 Å². The summed E-state index contributed by atoms with van der Waals surface area (Å²) in [6, 6.07) is 0. The van der Waals surface area contributed by atoms with Gasteiger partial charge in [-0.1, -0.05) is 0 Å². The second kappa shape index (κ2) is 19.4. The van der Waals surface area contributed by atoms with Crippen LogP contribution in [0.2, 0.25) is 0 Å². The van der Waals surface area contributed by atoms with Crippen LogP contribution in [-0.4, -0.2) is 25.8 Å². The monoisotopic (exact) mass is 802 g/mol. The van der Waals surface area contributed by atoms with Crippen LogP contribution < -0.4 is 10.8 Å². The van der Waals surface area contributed by atoms with E-state index in [-0.39, 0.29) is 25.8 Å². The van der Waals surface area contributed by atoms with Crippen LogP contribution in [0.5, 0.6) is 0 Å². The molecular formula is InO9Ta3. The van der Waals surface area contributed by atoms with Gasteiger partial charge in [0.15, 0.2) is 0 Å². The van der Waals surface area contributed by atoms with Crippen LogP contribution in [0.25, 0.3) is 0 Å². The van der Waals surface area contributed by atoms with Gasteiger partial charge in [-0.15, -0.1) is 0 Å². The predicted molar refractivity (Wildman–Crippen MR) is 9.87 cm³/mol. The molecule has 0 N–H and O–H groups in total. The number of hydrogen-bond donors (Lipinski definition) is 0. The molecule has 0 atom stereocenters. The van der Waals surface area contributed by atoms with Crippen molar-refractivity contribution in [3.8, 4) is 0 Å². The molecule has 0 unspecified atom stereocenters. The molecule has 0 aromatic heterocycles. The van der Waals surface area contributed by atoms with E-state index in [1.807, 2.05) is 0 Å². The van der Waals surface area contributed by atoms with Gasteiger partial charge in [0.1, 0.15) is 0 Å². The average Bonchev–Trinajstić information content (AvgIpc) is 1.54. The molecular weight excluding hydrogens is 802 g/mol. The molecule has 0 aromatic rings. The van der Waals surface area contributed by atoms with Gasteiger partial charge in [-0.05, 0) is 0 Å². The number of rotatable bonds is 0. The van der Waals surface area contributed by atoms with Crippen LogP contribution >= 0.6 is 0 Å². The zero-order chi connectivity index (χ0) is 10.7. The van der Waals surface area contributed by atoms with Crippen LogP contribution in [0, 0.1) is 0 Å². The molecule has 0 rings (SSSR count). The van der Waals surface area contributed by atoms with E-state index >= 15 is 0 Å². The van der Waals surface area contributed by atoms with E-state index in [1.165, 1.54) is 0 Å². The first kappa shape index (κ1) is 24.1. The summed E-state index contributed by atoms with van der Waals surface area (Å²) in [5, 5.41) is 0. The third-order valence-corrected chi connectivity index (χ3v) is 0. The summed E-state index contributed by atoms with van der Waals surface area (Å²) in [4.78, 5) is 0. The zero-order valence-corrected chi connectivity index (χ0v) is 18.5. The van der Waals surface area contributed by atoms with Crippen molar-refractivity contribution in [1.82, 2.24) is 0 Å². The van der Waals surface area contributed by atoms with Gasteiger partial charge >= 0.3 is 113 Å². The van der Waals surface area contributed by atoms with E-state index in [9.17, 15) is 0 Å². The van der Waals surface area contributed by atoms with E-state index in [1.54, 1.807) is 0 Å². The van der Waals surface area contributed by atoms with E-state index in [0.717, 1.165) is 0 Å². The molecule has 0 aliphatic heterocycles. The van der Waals surface area contributed by atoms with Crippen molar-refractivity contribution >= 4 is 25.8 Å². The van der Waals surface area contributed by atoms with Crippen molar-refractivity contribution in [3.05, 3.63) is 0 Å². The molecule has 0 amide bonds. The molecule has 0 aliphatic carbocycles. The van der Waals surface area contributed by atoms with Gasteiger partial charge in [-0.3, -0.25) is 0 Å². The Balaban J connectivity index is -0.0000000450. The Morgan fingerprint density at radius 2 is 0.538 bits per heavy atom. The topological polar surface area (TPSA) is 172 Å². The molecule has 0 bridgehead atoms. The fraction of sp³-hybridized carbons (Fsp3) is 0. The summed E-state index contributed by atoms with van der Waals surface area (Å²) in [7, 11) is 0. The quantitative estimate of drug-likeness (QED) is 0.234. The van der Waals surface area contributed by atoms with Crippen LogP contribution in [0.15, 0.2) is 0 Å². The van der Waals surface area contributed by atoms with Crippen LogP contribution in [-0.2, 0) is 75.9 Å². The third kappa shape index (κ3) is 608. The minimum absolute atomic E-state index is 0. The molecule has 0 spiro atoms. The normalized spacial score (nSPS) is 5.77. The Morgan fingerprint density at radius 1 is 0.538 bits per heavy atom. The van der Waals surface area contributed by atoms with Gasteiger partial charge in [0, 0.05) is 0 Å². The molecule has 72 valence electrons. The maximum absolute atomic E-state index is 8.62.